The van der Waals surface area contributed by atoms with Gasteiger partial charge in [0.2, 0.25) is 0 Å². The second kappa shape index (κ2) is 8.06. The molecule has 2 fully saturated rings. The fourth-order valence-electron chi connectivity index (χ4n) is 2.79. The van der Waals surface area contributed by atoms with Crippen molar-refractivity contribution < 1.29 is 9.47 Å². The van der Waals surface area contributed by atoms with Gasteiger partial charge in [0.15, 0.2) is 0 Å². The Morgan fingerprint density at radius 2 is 1.88 bits per heavy atom. The number of rotatable bonds is 7. The van der Waals surface area contributed by atoms with Crippen LogP contribution in [0.5, 0.6) is 0 Å². The number of hydrogen-bond donors (Lipinski definition) is 1. The van der Waals surface area contributed by atoms with Crippen LogP contribution >= 0.6 is 0 Å². The van der Waals surface area contributed by atoms with E-state index in [0.717, 1.165) is 38.8 Å². The summed E-state index contributed by atoms with van der Waals surface area (Å²) in [4.78, 5) is 0. The molecule has 1 atom stereocenters. The molecule has 17 heavy (non-hydrogen) atoms. The third-order valence-electron chi connectivity index (χ3n) is 3.95. The third-order valence-corrected chi connectivity index (χ3v) is 3.95. The Labute approximate surface area is 105 Å². The molecule has 3 nitrogen and oxygen atoms in total. The van der Waals surface area contributed by atoms with Gasteiger partial charge >= 0.3 is 0 Å². The predicted molar refractivity (Wildman–Crippen MR) is 69.2 cm³/mol. The molecule has 2 aliphatic rings. The van der Waals surface area contributed by atoms with E-state index in [4.69, 9.17) is 9.47 Å². The van der Waals surface area contributed by atoms with Crippen molar-refractivity contribution >= 4 is 0 Å². The number of hydrogen-bond acceptors (Lipinski definition) is 3. The summed E-state index contributed by atoms with van der Waals surface area (Å²) in [7, 11) is 0. The first-order chi connectivity index (χ1) is 8.45. The first kappa shape index (κ1) is 13.3. The molecule has 1 unspecified atom stereocenters. The molecule has 0 radical (unpaired) electrons. The molecule has 0 aromatic carbocycles. The highest BCUT2D eigenvalue weighted by molar-refractivity contribution is 4.68. The van der Waals surface area contributed by atoms with Crippen LogP contribution in [0.3, 0.4) is 0 Å². The van der Waals surface area contributed by atoms with Crippen molar-refractivity contribution in [3.63, 3.8) is 0 Å². The van der Waals surface area contributed by atoms with E-state index in [1.807, 2.05) is 0 Å². The summed E-state index contributed by atoms with van der Waals surface area (Å²) >= 11 is 0. The lowest BCUT2D eigenvalue weighted by Crippen LogP contribution is -2.27. The predicted octanol–water partition coefficient (Wildman–Crippen LogP) is 2.35. The fourth-order valence-corrected chi connectivity index (χ4v) is 2.79. The molecule has 0 spiro atoms. The van der Waals surface area contributed by atoms with E-state index in [-0.39, 0.29) is 0 Å². The van der Waals surface area contributed by atoms with Gasteiger partial charge in [-0.1, -0.05) is 12.8 Å². The van der Waals surface area contributed by atoms with Crippen molar-refractivity contribution in [3.05, 3.63) is 0 Å². The third kappa shape index (κ3) is 5.36. The van der Waals surface area contributed by atoms with Gasteiger partial charge in [-0.25, -0.2) is 0 Å². The van der Waals surface area contributed by atoms with E-state index in [0.29, 0.717) is 6.10 Å². The standard InChI is InChI=1S/C14H27NO2/c1(4-13-6-10-16-11-7-13)2-8-15-12-14-5-3-9-17-14/h13-15H,1-12H2. The second-order valence-electron chi connectivity index (χ2n) is 5.39. The second-order valence-corrected chi connectivity index (χ2v) is 5.39. The van der Waals surface area contributed by atoms with Gasteiger partial charge in [-0.05, 0) is 44.6 Å². The van der Waals surface area contributed by atoms with Crippen LogP contribution in [0.15, 0.2) is 0 Å². The maximum absolute atomic E-state index is 5.58. The average Bonchev–Trinajstić information content (AvgIpc) is 2.88. The van der Waals surface area contributed by atoms with Crippen molar-refractivity contribution in [2.24, 2.45) is 5.92 Å². The zero-order valence-electron chi connectivity index (χ0n) is 11.0. The molecule has 2 rings (SSSR count). The summed E-state index contributed by atoms with van der Waals surface area (Å²) in [6, 6.07) is 0. The summed E-state index contributed by atoms with van der Waals surface area (Å²) in [5.41, 5.74) is 0. The minimum atomic E-state index is 0.491. The van der Waals surface area contributed by atoms with Crippen LogP contribution in [0.2, 0.25) is 0 Å². The normalized spacial score (nSPS) is 26.5. The van der Waals surface area contributed by atoms with Crippen molar-refractivity contribution in [1.29, 1.82) is 0 Å². The van der Waals surface area contributed by atoms with Crippen molar-refractivity contribution in [2.75, 3.05) is 32.9 Å². The lowest BCUT2D eigenvalue weighted by atomic mass is 9.94. The topological polar surface area (TPSA) is 30.5 Å². The Bertz CT molecular complexity index is 187. The molecule has 0 aliphatic carbocycles. The van der Waals surface area contributed by atoms with Gasteiger partial charge in [0.1, 0.15) is 0 Å². The molecular weight excluding hydrogens is 214 g/mol. The maximum atomic E-state index is 5.58. The minimum Gasteiger partial charge on any atom is -0.381 e. The van der Waals surface area contributed by atoms with Gasteiger partial charge < -0.3 is 14.8 Å². The van der Waals surface area contributed by atoms with Gasteiger partial charge in [-0.15, -0.1) is 0 Å². The molecule has 0 aromatic rings. The maximum Gasteiger partial charge on any atom is 0.0700 e. The average molecular weight is 241 g/mol. The highest BCUT2D eigenvalue weighted by Gasteiger charge is 2.15. The molecule has 0 aromatic heterocycles. The van der Waals surface area contributed by atoms with Crippen LogP contribution in [0, 0.1) is 5.92 Å². The summed E-state index contributed by atoms with van der Waals surface area (Å²) in [5, 5.41) is 3.52. The molecule has 0 bridgehead atoms. The highest BCUT2D eigenvalue weighted by Crippen LogP contribution is 2.20. The van der Waals surface area contributed by atoms with Gasteiger partial charge in [0, 0.05) is 26.4 Å². The first-order valence-electron chi connectivity index (χ1n) is 7.35. The first-order valence-corrected chi connectivity index (χ1v) is 7.35. The monoisotopic (exact) mass is 241 g/mol. The van der Waals surface area contributed by atoms with E-state index in [1.54, 1.807) is 0 Å². The van der Waals surface area contributed by atoms with Gasteiger partial charge in [-0.2, -0.15) is 0 Å². The highest BCUT2D eigenvalue weighted by atomic mass is 16.5. The lowest BCUT2D eigenvalue weighted by Gasteiger charge is -2.21. The Morgan fingerprint density at radius 1 is 1.00 bits per heavy atom. The van der Waals surface area contributed by atoms with Gasteiger partial charge in [0.25, 0.3) is 0 Å². The van der Waals surface area contributed by atoms with Gasteiger partial charge in [-0.3, -0.25) is 0 Å². The van der Waals surface area contributed by atoms with Crippen LogP contribution < -0.4 is 5.32 Å². The zero-order chi connectivity index (χ0) is 11.8. The van der Waals surface area contributed by atoms with Crippen LogP contribution in [-0.2, 0) is 9.47 Å². The van der Waals surface area contributed by atoms with E-state index >= 15 is 0 Å². The largest absolute Gasteiger partial charge is 0.381 e. The van der Waals surface area contributed by atoms with Crippen molar-refractivity contribution in [1.82, 2.24) is 5.32 Å². The van der Waals surface area contributed by atoms with Crippen molar-refractivity contribution in [2.45, 2.75) is 51.0 Å². The summed E-state index contributed by atoms with van der Waals surface area (Å²) in [6.45, 7) is 5.15. The van der Waals surface area contributed by atoms with E-state index in [9.17, 15) is 0 Å². The van der Waals surface area contributed by atoms with E-state index < -0.39 is 0 Å². The zero-order valence-corrected chi connectivity index (χ0v) is 11.0. The van der Waals surface area contributed by atoms with E-state index in [1.165, 1.54) is 44.9 Å². The van der Waals surface area contributed by atoms with Gasteiger partial charge in [0.05, 0.1) is 6.10 Å². The number of ether oxygens (including phenoxy) is 2. The van der Waals surface area contributed by atoms with Crippen LogP contribution in [0.25, 0.3) is 0 Å². The quantitative estimate of drug-likeness (QED) is 0.694. The summed E-state index contributed by atoms with van der Waals surface area (Å²) < 4.78 is 11.0. The molecule has 2 heterocycles. The summed E-state index contributed by atoms with van der Waals surface area (Å²) in [5.74, 6) is 0.932. The molecule has 2 aliphatic heterocycles. The molecule has 0 saturated carbocycles. The SMILES string of the molecule is C(CCC1CCOCC1)CNCC1CCCO1. The van der Waals surface area contributed by atoms with E-state index in [2.05, 4.69) is 5.32 Å². The van der Waals surface area contributed by atoms with Crippen LogP contribution in [-0.4, -0.2) is 39.0 Å². The molecular formula is C14H27NO2. The van der Waals surface area contributed by atoms with Crippen LogP contribution in [0.1, 0.15) is 44.9 Å². The Hall–Kier alpha value is -0.120. The number of unbranched alkanes of at least 4 members (excludes halogenated alkanes) is 1. The fraction of sp³-hybridized carbons (Fsp3) is 1.00. The summed E-state index contributed by atoms with van der Waals surface area (Å²) in [6.07, 6.45) is 9.61. The molecule has 2 saturated heterocycles. The minimum absolute atomic E-state index is 0.491. The molecule has 100 valence electrons. The molecule has 1 N–H and O–H groups in total. The molecule has 3 heteroatoms. The van der Waals surface area contributed by atoms with Crippen LogP contribution in [0.4, 0.5) is 0 Å². The Balaban J connectivity index is 1.38. The van der Waals surface area contributed by atoms with Crippen molar-refractivity contribution in [3.8, 4) is 0 Å². The Kier molecular flexibility index (Phi) is 6.32. The Morgan fingerprint density at radius 3 is 2.65 bits per heavy atom. The lowest BCUT2D eigenvalue weighted by molar-refractivity contribution is 0.0631. The number of nitrogens with one attached hydrogen (secondary N) is 1. The molecule has 0 amide bonds. The smallest absolute Gasteiger partial charge is 0.0700 e.